The molecule has 0 amide bonds. The average Bonchev–Trinajstić information content (AvgIpc) is 2.95. The van der Waals surface area contributed by atoms with Crippen LogP contribution in [0.3, 0.4) is 0 Å². The smallest absolute Gasteiger partial charge is 0.127 e. The minimum atomic E-state index is -0.262. The van der Waals surface area contributed by atoms with Crippen molar-refractivity contribution in [2.75, 3.05) is 6.61 Å². The van der Waals surface area contributed by atoms with Crippen molar-refractivity contribution in [2.45, 2.75) is 11.8 Å². The molecular formula is C13H9BrCl2OS. The predicted molar refractivity (Wildman–Crippen MR) is 80.4 cm³/mol. The van der Waals surface area contributed by atoms with Gasteiger partial charge < -0.3 is 4.74 Å². The minimum absolute atomic E-state index is 0.262. The predicted octanol–water partition coefficient (Wildman–Crippen LogP) is 5.43. The molecule has 1 unspecified atom stereocenters. The van der Waals surface area contributed by atoms with Crippen LogP contribution in [-0.2, 0) is 6.42 Å². The Labute approximate surface area is 128 Å². The van der Waals surface area contributed by atoms with Gasteiger partial charge in [0.2, 0.25) is 0 Å². The van der Waals surface area contributed by atoms with Crippen molar-refractivity contribution in [1.29, 1.82) is 0 Å². The zero-order valence-corrected chi connectivity index (χ0v) is 13.2. The standard InChI is InChI=1S/C13H9BrCl2OS/c14-8-5-7-1-3-17-12(7)9(6-8)11(16)13-10(15)2-4-18-13/h2,4-6,11H,1,3H2. The fourth-order valence-corrected chi connectivity index (χ4v) is 4.28. The summed E-state index contributed by atoms with van der Waals surface area (Å²) in [6, 6.07) is 5.97. The zero-order valence-electron chi connectivity index (χ0n) is 9.25. The van der Waals surface area contributed by atoms with Crippen LogP contribution in [0.15, 0.2) is 28.1 Å². The van der Waals surface area contributed by atoms with Gasteiger partial charge in [-0.2, -0.15) is 0 Å². The highest BCUT2D eigenvalue weighted by Gasteiger charge is 2.25. The Morgan fingerprint density at radius 3 is 2.94 bits per heavy atom. The van der Waals surface area contributed by atoms with E-state index < -0.39 is 0 Å². The highest BCUT2D eigenvalue weighted by Crippen LogP contribution is 2.44. The normalized spacial score (nSPS) is 15.3. The molecule has 0 N–H and O–H groups in total. The van der Waals surface area contributed by atoms with Gasteiger partial charge in [0.05, 0.1) is 17.0 Å². The third kappa shape index (κ3) is 2.18. The van der Waals surface area contributed by atoms with Gasteiger partial charge in [-0.1, -0.05) is 27.5 Å². The van der Waals surface area contributed by atoms with Crippen LogP contribution in [0.1, 0.15) is 21.4 Å². The molecule has 0 saturated heterocycles. The summed E-state index contributed by atoms with van der Waals surface area (Å²) >= 11 is 17.8. The van der Waals surface area contributed by atoms with Crippen molar-refractivity contribution in [3.63, 3.8) is 0 Å². The lowest BCUT2D eigenvalue weighted by Crippen LogP contribution is -1.96. The van der Waals surface area contributed by atoms with Gasteiger partial charge in [-0.25, -0.2) is 0 Å². The first-order valence-corrected chi connectivity index (χ1v) is 7.97. The molecule has 1 nitrogen and oxygen atoms in total. The van der Waals surface area contributed by atoms with E-state index in [1.165, 1.54) is 5.56 Å². The van der Waals surface area contributed by atoms with Crippen LogP contribution in [0.4, 0.5) is 0 Å². The van der Waals surface area contributed by atoms with Gasteiger partial charge in [0.25, 0.3) is 0 Å². The lowest BCUT2D eigenvalue weighted by Gasteiger charge is -2.14. The summed E-state index contributed by atoms with van der Waals surface area (Å²) in [6.07, 6.45) is 0.934. The number of thiophene rings is 1. The first-order valence-electron chi connectivity index (χ1n) is 5.49. The Balaban J connectivity index is 2.10. The Kier molecular flexibility index (Phi) is 3.59. The lowest BCUT2D eigenvalue weighted by atomic mass is 10.0. The van der Waals surface area contributed by atoms with E-state index in [1.54, 1.807) is 11.3 Å². The van der Waals surface area contributed by atoms with Crippen molar-refractivity contribution in [2.24, 2.45) is 0 Å². The molecule has 1 aromatic heterocycles. The van der Waals surface area contributed by atoms with Crippen LogP contribution in [0.25, 0.3) is 0 Å². The number of hydrogen-bond acceptors (Lipinski definition) is 2. The van der Waals surface area contributed by atoms with Gasteiger partial charge in [-0.05, 0) is 29.1 Å². The quantitative estimate of drug-likeness (QED) is 0.646. The van der Waals surface area contributed by atoms with Gasteiger partial charge in [-0.15, -0.1) is 22.9 Å². The van der Waals surface area contributed by atoms with E-state index in [0.717, 1.165) is 33.7 Å². The second kappa shape index (κ2) is 5.04. The Bertz CT molecular complexity index is 597. The molecule has 1 aliphatic heterocycles. The number of benzene rings is 1. The monoisotopic (exact) mass is 362 g/mol. The van der Waals surface area contributed by atoms with Gasteiger partial charge in [0, 0.05) is 21.3 Å². The molecule has 0 bridgehead atoms. The maximum Gasteiger partial charge on any atom is 0.127 e. The van der Waals surface area contributed by atoms with Crippen molar-refractivity contribution in [1.82, 2.24) is 0 Å². The summed E-state index contributed by atoms with van der Waals surface area (Å²) in [5.41, 5.74) is 2.19. The van der Waals surface area contributed by atoms with Crippen molar-refractivity contribution in [3.05, 3.63) is 49.1 Å². The van der Waals surface area contributed by atoms with Crippen LogP contribution in [0, 0.1) is 0 Å². The SMILES string of the molecule is Clc1ccsc1C(Cl)c1cc(Br)cc2c1OCC2. The first kappa shape index (κ1) is 12.8. The Morgan fingerprint density at radius 1 is 1.39 bits per heavy atom. The summed E-state index contributed by atoms with van der Waals surface area (Å²) in [6.45, 7) is 0.723. The van der Waals surface area contributed by atoms with Gasteiger partial charge in [-0.3, -0.25) is 0 Å². The van der Waals surface area contributed by atoms with Gasteiger partial charge >= 0.3 is 0 Å². The molecule has 1 aliphatic rings. The summed E-state index contributed by atoms with van der Waals surface area (Å²) in [7, 11) is 0. The molecule has 1 aromatic carbocycles. The summed E-state index contributed by atoms with van der Waals surface area (Å²) in [4.78, 5) is 0.967. The van der Waals surface area contributed by atoms with Crippen molar-refractivity contribution in [3.8, 4) is 5.75 Å². The number of halogens is 3. The minimum Gasteiger partial charge on any atom is -0.493 e. The van der Waals surface area contributed by atoms with Crippen molar-refractivity contribution >= 4 is 50.5 Å². The summed E-state index contributed by atoms with van der Waals surface area (Å²) in [5.74, 6) is 0.919. The molecule has 5 heteroatoms. The average molecular weight is 364 g/mol. The fraction of sp³-hybridized carbons (Fsp3) is 0.231. The Morgan fingerprint density at radius 2 is 2.22 bits per heavy atom. The van der Waals surface area contributed by atoms with Crippen molar-refractivity contribution < 1.29 is 4.74 Å². The largest absolute Gasteiger partial charge is 0.493 e. The molecule has 0 fully saturated rings. The Hall–Kier alpha value is -0.220. The van der Waals surface area contributed by atoms with E-state index in [1.807, 2.05) is 17.5 Å². The van der Waals surface area contributed by atoms with Gasteiger partial charge in [0.15, 0.2) is 0 Å². The van der Waals surface area contributed by atoms with Gasteiger partial charge in [0.1, 0.15) is 5.75 Å². The van der Waals surface area contributed by atoms with E-state index in [2.05, 4.69) is 22.0 Å². The number of hydrogen-bond donors (Lipinski definition) is 0. The maximum atomic E-state index is 6.56. The molecular weight excluding hydrogens is 355 g/mol. The zero-order chi connectivity index (χ0) is 12.7. The lowest BCUT2D eigenvalue weighted by molar-refractivity contribution is 0.353. The molecule has 0 spiro atoms. The summed E-state index contributed by atoms with van der Waals surface area (Å²) in [5, 5.41) is 2.40. The number of fused-ring (bicyclic) bond motifs is 1. The molecule has 2 aromatic rings. The van der Waals surface area contributed by atoms with E-state index in [0.29, 0.717) is 5.02 Å². The molecule has 0 radical (unpaired) electrons. The van der Waals surface area contributed by atoms with E-state index in [4.69, 9.17) is 27.9 Å². The topological polar surface area (TPSA) is 9.23 Å². The molecule has 0 saturated carbocycles. The van der Waals surface area contributed by atoms with E-state index in [9.17, 15) is 0 Å². The second-order valence-corrected chi connectivity index (χ2v) is 6.78. The van der Waals surface area contributed by atoms with E-state index in [-0.39, 0.29) is 5.38 Å². The van der Waals surface area contributed by atoms with Crippen LogP contribution in [-0.4, -0.2) is 6.61 Å². The first-order chi connectivity index (χ1) is 8.66. The molecule has 0 aliphatic carbocycles. The number of alkyl halides is 1. The molecule has 18 heavy (non-hydrogen) atoms. The molecule has 1 atom stereocenters. The van der Waals surface area contributed by atoms with Crippen LogP contribution in [0.2, 0.25) is 5.02 Å². The van der Waals surface area contributed by atoms with Crippen LogP contribution in [0.5, 0.6) is 5.75 Å². The number of ether oxygens (including phenoxy) is 1. The highest BCUT2D eigenvalue weighted by molar-refractivity contribution is 9.10. The molecule has 3 rings (SSSR count). The van der Waals surface area contributed by atoms with Crippen LogP contribution < -0.4 is 4.74 Å². The molecule has 94 valence electrons. The number of rotatable bonds is 2. The third-order valence-corrected chi connectivity index (χ3v) is 5.39. The third-order valence-electron chi connectivity index (χ3n) is 2.93. The maximum absolute atomic E-state index is 6.56. The molecule has 2 heterocycles. The summed E-state index contributed by atoms with van der Waals surface area (Å²) < 4.78 is 6.73. The van der Waals surface area contributed by atoms with Crippen LogP contribution >= 0.6 is 50.5 Å². The van der Waals surface area contributed by atoms with E-state index >= 15 is 0 Å². The highest BCUT2D eigenvalue weighted by atomic mass is 79.9. The second-order valence-electron chi connectivity index (χ2n) is 4.08. The fourth-order valence-electron chi connectivity index (χ4n) is 2.11.